The number of benzene rings is 2. The normalized spacial score (nSPS) is 11.1. The number of anilines is 1. The summed E-state index contributed by atoms with van der Waals surface area (Å²) in [5, 5.41) is 5.53. The van der Waals surface area contributed by atoms with Gasteiger partial charge < -0.3 is 15.2 Å². The van der Waals surface area contributed by atoms with Crippen molar-refractivity contribution in [1.82, 2.24) is 14.9 Å². The van der Waals surface area contributed by atoms with Crippen LogP contribution in [0.5, 0.6) is 0 Å². The van der Waals surface area contributed by atoms with Crippen LogP contribution in [0.4, 0.5) is 5.69 Å². The van der Waals surface area contributed by atoms with Gasteiger partial charge in [-0.2, -0.15) is 0 Å². The van der Waals surface area contributed by atoms with E-state index in [4.69, 9.17) is 0 Å². The third-order valence-electron chi connectivity index (χ3n) is 5.11. The minimum atomic E-state index is -0.225. The first-order valence-electron chi connectivity index (χ1n) is 10.5. The van der Waals surface area contributed by atoms with Crippen molar-refractivity contribution in [3.63, 3.8) is 0 Å². The quantitative estimate of drug-likeness (QED) is 0.557. The highest BCUT2D eigenvalue weighted by Crippen LogP contribution is 2.22. The summed E-state index contributed by atoms with van der Waals surface area (Å²) in [7, 11) is 1.76. The maximum atomic E-state index is 12.4. The number of nitrogens with one attached hydrogen (secondary N) is 2. The van der Waals surface area contributed by atoms with Gasteiger partial charge in [0.2, 0.25) is 11.7 Å². The summed E-state index contributed by atoms with van der Waals surface area (Å²) in [6, 6.07) is 14.1. The highest BCUT2D eigenvalue weighted by Gasteiger charge is 2.15. The molecule has 166 valence electrons. The fraction of sp³-hybridized carbons (Fsp3) is 0.280. The number of ketones is 1. The second-order valence-electron chi connectivity index (χ2n) is 8.65. The van der Waals surface area contributed by atoms with Crippen molar-refractivity contribution in [2.75, 3.05) is 11.9 Å². The molecule has 32 heavy (non-hydrogen) atoms. The molecule has 2 amide bonds. The molecule has 1 aromatic heterocycles. The number of carbonyl (C=O) groups excluding carboxylic acids is 3. The molecule has 0 fully saturated rings. The third kappa shape index (κ3) is 5.69. The van der Waals surface area contributed by atoms with Crippen LogP contribution in [0.15, 0.2) is 60.9 Å². The largest absolute Gasteiger partial charge is 0.352 e. The minimum Gasteiger partial charge on any atom is -0.352 e. The first kappa shape index (κ1) is 22.9. The third-order valence-corrected chi connectivity index (χ3v) is 5.11. The maximum absolute atomic E-state index is 12.4. The predicted octanol–water partition coefficient (Wildman–Crippen LogP) is 3.71. The van der Waals surface area contributed by atoms with Crippen molar-refractivity contribution in [2.24, 2.45) is 7.05 Å². The van der Waals surface area contributed by atoms with E-state index < -0.39 is 0 Å². The summed E-state index contributed by atoms with van der Waals surface area (Å²) >= 11 is 0. The smallest absolute Gasteiger partial charge is 0.251 e. The molecule has 3 aromatic rings. The predicted molar refractivity (Wildman–Crippen MR) is 124 cm³/mol. The molecular weight excluding hydrogens is 404 g/mol. The molecule has 7 nitrogen and oxygen atoms in total. The first-order valence-corrected chi connectivity index (χ1v) is 10.5. The maximum Gasteiger partial charge on any atom is 0.251 e. The fourth-order valence-corrected chi connectivity index (χ4v) is 3.16. The Morgan fingerprint density at radius 1 is 0.938 bits per heavy atom. The van der Waals surface area contributed by atoms with E-state index in [1.807, 2.05) is 12.1 Å². The van der Waals surface area contributed by atoms with Crippen LogP contribution >= 0.6 is 0 Å². The molecule has 0 aliphatic heterocycles. The fourth-order valence-electron chi connectivity index (χ4n) is 3.16. The molecule has 0 unspecified atom stereocenters. The Bertz CT molecular complexity index is 1110. The molecule has 0 radical (unpaired) electrons. The van der Waals surface area contributed by atoms with Gasteiger partial charge in [-0.25, -0.2) is 4.98 Å². The standard InChI is InChI=1S/C25H28N4O3/c1-25(2,3)19-9-5-18(6-10-19)24(32)27-14-13-21(30)28-20-11-7-17(8-12-20)22(31)23-26-15-16-29(23)4/h5-12,15-16H,13-14H2,1-4H3,(H,27,32)(H,28,30). The molecule has 0 bridgehead atoms. The lowest BCUT2D eigenvalue weighted by atomic mass is 9.87. The zero-order valence-electron chi connectivity index (χ0n) is 18.8. The Labute approximate surface area is 187 Å². The van der Waals surface area contributed by atoms with Crippen LogP contribution in [0.2, 0.25) is 0 Å². The van der Waals surface area contributed by atoms with E-state index in [1.54, 1.807) is 60.4 Å². The zero-order valence-corrected chi connectivity index (χ0v) is 18.8. The van der Waals surface area contributed by atoms with Crippen molar-refractivity contribution in [2.45, 2.75) is 32.6 Å². The monoisotopic (exact) mass is 432 g/mol. The van der Waals surface area contributed by atoms with E-state index in [0.29, 0.717) is 22.6 Å². The van der Waals surface area contributed by atoms with Gasteiger partial charge in [0.25, 0.3) is 5.91 Å². The highest BCUT2D eigenvalue weighted by atomic mass is 16.2. The summed E-state index contributed by atoms with van der Waals surface area (Å²) in [6.07, 6.45) is 3.42. The van der Waals surface area contributed by atoms with Crippen molar-refractivity contribution < 1.29 is 14.4 Å². The Kier molecular flexibility index (Phi) is 6.88. The average molecular weight is 433 g/mol. The van der Waals surface area contributed by atoms with Crippen LogP contribution in [-0.4, -0.2) is 33.7 Å². The molecule has 0 saturated heterocycles. The van der Waals surface area contributed by atoms with E-state index in [1.165, 1.54) is 0 Å². The topological polar surface area (TPSA) is 93.1 Å². The number of imidazole rings is 1. The van der Waals surface area contributed by atoms with Gasteiger partial charge in [-0.3, -0.25) is 14.4 Å². The molecule has 0 atom stereocenters. The molecular formula is C25H28N4O3. The molecule has 0 aliphatic rings. The van der Waals surface area contributed by atoms with Crippen LogP contribution in [0.25, 0.3) is 0 Å². The van der Waals surface area contributed by atoms with Gasteiger partial charge in [0.1, 0.15) is 0 Å². The van der Waals surface area contributed by atoms with Gasteiger partial charge in [0.15, 0.2) is 5.82 Å². The average Bonchev–Trinajstić information content (AvgIpc) is 3.19. The van der Waals surface area contributed by atoms with Crippen molar-refractivity contribution in [3.8, 4) is 0 Å². The molecule has 2 aromatic carbocycles. The van der Waals surface area contributed by atoms with Gasteiger partial charge in [-0.15, -0.1) is 0 Å². The molecule has 7 heteroatoms. The van der Waals surface area contributed by atoms with Crippen LogP contribution in [0, 0.1) is 0 Å². The van der Waals surface area contributed by atoms with E-state index in [2.05, 4.69) is 36.4 Å². The van der Waals surface area contributed by atoms with E-state index in [-0.39, 0.29) is 36.0 Å². The van der Waals surface area contributed by atoms with Crippen molar-refractivity contribution in [3.05, 3.63) is 83.4 Å². The summed E-state index contributed by atoms with van der Waals surface area (Å²) < 4.78 is 1.66. The highest BCUT2D eigenvalue weighted by molar-refractivity contribution is 6.07. The number of nitrogens with zero attached hydrogens (tertiary/aromatic N) is 2. The minimum absolute atomic E-state index is 0.0246. The van der Waals surface area contributed by atoms with Crippen LogP contribution in [0.3, 0.4) is 0 Å². The second-order valence-corrected chi connectivity index (χ2v) is 8.65. The Balaban J connectivity index is 1.47. The number of hydrogen-bond donors (Lipinski definition) is 2. The van der Waals surface area contributed by atoms with Crippen LogP contribution < -0.4 is 10.6 Å². The summed E-state index contributed by atoms with van der Waals surface area (Å²) in [4.78, 5) is 41.0. The molecule has 3 rings (SSSR count). The lowest BCUT2D eigenvalue weighted by molar-refractivity contribution is -0.116. The van der Waals surface area contributed by atoms with Gasteiger partial charge in [-0.1, -0.05) is 32.9 Å². The van der Waals surface area contributed by atoms with Crippen LogP contribution in [0.1, 0.15) is 59.3 Å². The van der Waals surface area contributed by atoms with E-state index in [9.17, 15) is 14.4 Å². The van der Waals surface area contributed by atoms with Gasteiger partial charge in [0.05, 0.1) is 0 Å². The van der Waals surface area contributed by atoms with Gasteiger partial charge >= 0.3 is 0 Å². The SMILES string of the molecule is Cn1ccnc1C(=O)c1ccc(NC(=O)CCNC(=O)c2ccc(C(C)(C)C)cc2)cc1. The summed E-state index contributed by atoms with van der Waals surface area (Å²) in [5.41, 5.74) is 2.81. The zero-order chi connectivity index (χ0) is 23.3. The lowest BCUT2D eigenvalue weighted by Gasteiger charge is -2.19. The number of hydrogen-bond acceptors (Lipinski definition) is 4. The molecule has 0 saturated carbocycles. The summed E-state index contributed by atoms with van der Waals surface area (Å²) in [6.45, 7) is 6.58. The summed E-state index contributed by atoms with van der Waals surface area (Å²) in [5.74, 6) is -0.272. The Morgan fingerprint density at radius 3 is 2.12 bits per heavy atom. The number of aromatic nitrogens is 2. The number of rotatable bonds is 7. The molecule has 1 heterocycles. The first-order chi connectivity index (χ1) is 15.1. The van der Waals surface area contributed by atoms with E-state index >= 15 is 0 Å². The number of amides is 2. The Morgan fingerprint density at radius 2 is 1.56 bits per heavy atom. The molecule has 2 N–H and O–H groups in total. The van der Waals surface area contributed by atoms with E-state index in [0.717, 1.165) is 5.56 Å². The lowest BCUT2D eigenvalue weighted by Crippen LogP contribution is -2.27. The second kappa shape index (κ2) is 9.60. The number of carbonyl (C=O) groups is 3. The molecule has 0 spiro atoms. The van der Waals surface area contributed by atoms with Gasteiger partial charge in [0, 0.05) is 49.2 Å². The Hall–Kier alpha value is -3.74. The molecule has 0 aliphatic carbocycles. The van der Waals surface area contributed by atoms with Crippen LogP contribution in [-0.2, 0) is 17.3 Å². The van der Waals surface area contributed by atoms with Gasteiger partial charge in [-0.05, 0) is 47.4 Å². The van der Waals surface area contributed by atoms with Crippen molar-refractivity contribution >= 4 is 23.3 Å². The number of aryl methyl sites for hydroxylation is 1. The van der Waals surface area contributed by atoms with Crippen molar-refractivity contribution in [1.29, 1.82) is 0 Å².